The average Bonchev–Trinajstić information content (AvgIpc) is 2.66. The molecule has 1 heterocycles. The van der Waals surface area contributed by atoms with Crippen LogP contribution in [-0.4, -0.2) is 58.0 Å². The maximum Gasteiger partial charge on any atom is 0.337 e. The van der Waals surface area contributed by atoms with Gasteiger partial charge in [0.25, 0.3) is 0 Å². The van der Waals surface area contributed by atoms with Crippen LogP contribution in [0.25, 0.3) is 0 Å². The second-order valence-corrected chi connectivity index (χ2v) is 7.62. The van der Waals surface area contributed by atoms with Crippen LogP contribution in [0.1, 0.15) is 40.0 Å². The molecule has 1 atom stereocenters. The Morgan fingerprint density at radius 3 is 2.16 bits per heavy atom. The van der Waals surface area contributed by atoms with Gasteiger partial charge in [-0.3, -0.25) is 0 Å². The molecule has 0 aromatic heterocycles. The first-order chi connectivity index (χ1) is 11.8. The number of ether oxygens (including phenoxy) is 2. The van der Waals surface area contributed by atoms with Crippen LogP contribution in [0.3, 0.4) is 0 Å². The van der Waals surface area contributed by atoms with E-state index in [4.69, 9.17) is 5.73 Å². The SMILES string of the molecule is COC(=O)c1cc(C(=O)OC)cc(S(=O)(=O)N2CCCCC2CN)c1. The zero-order chi connectivity index (χ0) is 18.6. The van der Waals surface area contributed by atoms with Crippen LogP contribution in [0.4, 0.5) is 0 Å². The highest BCUT2D eigenvalue weighted by Crippen LogP contribution is 2.26. The van der Waals surface area contributed by atoms with Gasteiger partial charge in [-0.25, -0.2) is 18.0 Å². The summed E-state index contributed by atoms with van der Waals surface area (Å²) in [6.07, 6.45) is 2.32. The molecule has 25 heavy (non-hydrogen) atoms. The molecule has 9 heteroatoms. The molecular weight excluding hydrogens is 348 g/mol. The molecule has 1 aromatic rings. The summed E-state index contributed by atoms with van der Waals surface area (Å²) in [5, 5.41) is 0. The van der Waals surface area contributed by atoms with Gasteiger partial charge in [0.1, 0.15) is 0 Å². The van der Waals surface area contributed by atoms with Gasteiger partial charge >= 0.3 is 11.9 Å². The third kappa shape index (κ3) is 4.00. The smallest absolute Gasteiger partial charge is 0.337 e. The Morgan fingerprint density at radius 1 is 1.12 bits per heavy atom. The average molecular weight is 370 g/mol. The van der Waals surface area contributed by atoms with E-state index in [-0.39, 0.29) is 28.6 Å². The topological polar surface area (TPSA) is 116 Å². The number of hydrogen-bond acceptors (Lipinski definition) is 7. The van der Waals surface area contributed by atoms with E-state index in [1.54, 1.807) is 0 Å². The Balaban J connectivity index is 2.55. The Morgan fingerprint density at radius 2 is 1.68 bits per heavy atom. The largest absolute Gasteiger partial charge is 0.465 e. The number of nitrogens with two attached hydrogens (primary N) is 1. The van der Waals surface area contributed by atoms with Gasteiger partial charge in [0.15, 0.2) is 0 Å². The van der Waals surface area contributed by atoms with Crippen LogP contribution in [-0.2, 0) is 19.5 Å². The van der Waals surface area contributed by atoms with E-state index >= 15 is 0 Å². The molecule has 1 aliphatic heterocycles. The molecule has 1 saturated heterocycles. The van der Waals surface area contributed by atoms with E-state index in [1.807, 2.05) is 0 Å². The summed E-state index contributed by atoms with van der Waals surface area (Å²) in [5.74, 6) is -1.48. The molecule has 1 aliphatic rings. The van der Waals surface area contributed by atoms with Crippen LogP contribution in [0.2, 0.25) is 0 Å². The standard InChI is InChI=1S/C16H22N2O6S/c1-23-15(19)11-7-12(16(20)24-2)9-14(8-11)25(21,22)18-6-4-3-5-13(18)10-17/h7-9,13H,3-6,10,17H2,1-2H3. The first kappa shape index (κ1) is 19.4. The van der Waals surface area contributed by atoms with Gasteiger partial charge < -0.3 is 15.2 Å². The van der Waals surface area contributed by atoms with Gasteiger partial charge in [0, 0.05) is 19.1 Å². The van der Waals surface area contributed by atoms with Crippen molar-refractivity contribution in [2.24, 2.45) is 5.73 Å². The van der Waals surface area contributed by atoms with E-state index in [0.29, 0.717) is 13.0 Å². The number of esters is 2. The molecule has 1 fully saturated rings. The number of nitrogens with zero attached hydrogens (tertiary/aromatic N) is 1. The molecule has 138 valence electrons. The minimum atomic E-state index is -3.91. The second-order valence-electron chi connectivity index (χ2n) is 5.73. The van der Waals surface area contributed by atoms with Crippen molar-refractivity contribution in [3.63, 3.8) is 0 Å². The Kier molecular flexibility index (Phi) is 6.15. The summed E-state index contributed by atoms with van der Waals surface area (Å²) in [6, 6.07) is 3.35. The molecule has 2 rings (SSSR count). The van der Waals surface area contributed by atoms with Crippen molar-refractivity contribution in [1.82, 2.24) is 4.31 Å². The first-order valence-electron chi connectivity index (χ1n) is 7.88. The fourth-order valence-corrected chi connectivity index (χ4v) is 4.66. The monoisotopic (exact) mass is 370 g/mol. The molecule has 0 amide bonds. The second kappa shape index (κ2) is 7.94. The lowest BCUT2D eigenvalue weighted by atomic mass is 10.1. The number of benzene rings is 1. The van der Waals surface area contributed by atoms with Crippen molar-refractivity contribution in [3.05, 3.63) is 29.3 Å². The van der Waals surface area contributed by atoms with Crippen molar-refractivity contribution >= 4 is 22.0 Å². The third-order valence-corrected chi connectivity index (χ3v) is 6.13. The Labute approximate surface area is 146 Å². The summed E-state index contributed by atoms with van der Waals surface area (Å²) < 4.78 is 36.7. The predicted molar refractivity (Wildman–Crippen MR) is 89.7 cm³/mol. The summed E-state index contributed by atoms with van der Waals surface area (Å²) in [6.45, 7) is 0.556. The fourth-order valence-electron chi connectivity index (χ4n) is 2.88. The van der Waals surface area contributed by atoms with Crippen LogP contribution in [0.5, 0.6) is 0 Å². The van der Waals surface area contributed by atoms with E-state index in [0.717, 1.165) is 12.8 Å². The number of carbonyl (C=O) groups is 2. The summed E-state index contributed by atoms with van der Waals surface area (Å²) in [5.41, 5.74) is 5.64. The highest BCUT2D eigenvalue weighted by Gasteiger charge is 2.33. The number of methoxy groups -OCH3 is 2. The molecule has 2 N–H and O–H groups in total. The minimum Gasteiger partial charge on any atom is -0.465 e. The van der Waals surface area contributed by atoms with Crippen molar-refractivity contribution in [3.8, 4) is 0 Å². The zero-order valence-electron chi connectivity index (χ0n) is 14.2. The van der Waals surface area contributed by atoms with Gasteiger partial charge in [-0.05, 0) is 31.0 Å². The maximum absolute atomic E-state index is 13.0. The molecule has 8 nitrogen and oxygen atoms in total. The van der Waals surface area contributed by atoms with Gasteiger partial charge in [-0.2, -0.15) is 4.31 Å². The van der Waals surface area contributed by atoms with Gasteiger partial charge in [0.2, 0.25) is 10.0 Å². The number of carbonyl (C=O) groups excluding carboxylic acids is 2. The van der Waals surface area contributed by atoms with E-state index in [2.05, 4.69) is 9.47 Å². The van der Waals surface area contributed by atoms with Crippen molar-refractivity contribution in [1.29, 1.82) is 0 Å². The van der Waals surface area contributed by atoms with Crippen LogP contribution < -0.4 is 5.73 Å². The molecule has 0 bridgehead atoms. The lowest BCUT2D eigenvalue weighted by Gasteiger charge is -2.34. The molecule has 0 radical (unpaired) electrons. The quantitative estimate of drug-likeness (QED) is 0.761. The zero-order valence-corrected chi connectivity index (χ0v) is 15.0. The van der Waals surface area contributed by atoms with E-state index < -0.39 is 22.0 Å². The molecule has 1 unspecified atom stereocenters. The normalized spacial score (nSPS) is 18.6. The maximum atomic E-state index is 13.0. The van der Waals surface area contributed by atoms with Crippen molar-refractivity contribution in [2.45, 2.75) is 30.2 Å². The number of hydrogen-bond donors (Lipinski definition) is 1. The molecular formula is C16H22N2O6S. The van der Waals surface area contributed by atoms with Gasteiger partial charge in [0.05, 0.1) is 30.2 Å². The fraction of sp³-hybridized carbons (Fsp3) is 0.500. The van der Waals surface area contributed by atoms with Crippen molar-refractivity contribution in [2.75, 3.05) is 27.3 Å². The molecule has 0 saturated carbocycles. The van der Waals surface area contributed by atoms with Crippen LogP contribution >= 0.6 is 0 Å². The first-order valence-corrected chi connectivity index (χ1v) is 9.32. The summed E-state index contributed by atoms with van der Waals surface area (Å²) in [4.78, 5) is 23.5. The third-order valence-electron chi connectivity index (χ3n) is 4.20. The lowest BCUT2D eigenvalue weighted by Crippen LogP contribution is -2.47. The van der Waals surface area contributed by atoms with Crippen LogP contribution in [0, 0.1) is 0 Å². The van der Waals surface area contributed by atoms with Gasteiger partial charge in [-0.15, -0.1) is 0 Å². The summed E-state index contributed by atoms with van der Waals surface area (Å²) >= 11 is 0. The predicted octanol–water partition coefficient (Wildman–Crippen LogP) is 0.762. The number of piperidine rings is 1. The van der Waals surface area contributed by atoms with E-state index in [1.165, 1.54) is 36.7 Å². The van der Waals surface area contributed by atoms with Crippen LogP contribution in [0.15, 0.2) is 23.1 Å². The minimum absolute atomic E-state index is 0.0368. The lowest BCUT2D eigenvalue weighted by molar-refractivity contribution is 0.0598. The summed E-state index contributed by atoms with van der Waals surface area (Å²) in [7, 11) is -1.56. The molecule has 0 spiro atoms. The Bertz CT molecular complexity index is 728. The number of rotatable bonds is 5. The number of sulfonamides is 1. The van der Waals surface area contributed by atoms with Gasteiger partial charge in [-0.1, -0.05) is 6.42 Å². The Hall–Kier alpha value is -1.97. The molecule has 1 aromatic carbocycles. The highest BCUT2D eigenvalue weighted by molar-refractivity contribution is 7.89. The van der Waals surface area contributed by atoms with E-state index in [9.17, 15) is 18.0 Å². The van der Waals surface area contributed by atoms with Crippen molar-refractivity contribution < 1.29 is 27.5 Å². The molecule has 0 aliphatic carbocycles. The highest BCUT2D eigenvalue weighted by atomic mass is 32.2.